The Morgan fingerprint density at radius 3 is 2.13 bits per heavy atom. The molecule has 1 aliphatic heterocycles. The van der Waals surface area contributed by atoms with Gasteiger partial charge < -0.3 is 19.1 Å². The van der Waals surface area contributed by atoms with Crippen LogP contribution in [0.25, 0.3) is 0 Å². The Morgan fingerprint density at radius 2 is 1.41 bits per heavy atom. The van der Waals surface area contributed by atoms with Gasteiger partial charge in [0.1, 0.15) is 0 Å². The summed E-state index contributed by atoms with van der Waals surface area (Å²) in [5.74, 6) is 4.27. The number of piperidine rings is 1. The van der Waals surface area contributed by atoms with Crippen LogP contribution in [0.3, 0.4) is 0 Å². The SMILES string of the molecule is COCCOCCOC1CCN(C(=O)[C@]23CC[C@@H](C4(C)CC4)[C@@H]2[C@H]2CC[C@@H]4[C@]5(C)CCCC(C)(C)[C@H]5CC[C@@]4(C)[C@]2(C)CC3)CC1. The van der Waals surface area contributed by atoms with Crippen LogP contribution in [0.1, 0.15) is 138 Å². The summed E-state index contributed by atoms with van der Waals surface area (Å²) in [5, 5.41) is 0. The molecule has 0 aromatic carbocycles. The third-order valence-electron chi connectivity index (χ3n) is 17.3. The molecule has 1 saturated heterocycles. The fourth-order valence-electron chi connectivity index (χ4n) is 14.5. The van der Waals surface area contributed by atoms with Gasteiger partial charge in [-0.3, -0.25) is 4.79 Å². The minimum Gasteiger partial charge on any atom is -0.382 e. The van der Waals surface area contributed by atoms with E-state index in [9.17, 15) is 0 Å². The molecule has 7 aliphatic rings. The van der Waals surface area contributed by atoms with E-state index in [1.807, 2.05) is 0 Å². The maximum atomic E-state index is 15.0. The van der Waals surface area contributed by atoms with Crippen molar-refractivity contribution in [3.63, 3.8) is 0 Å². The lowest BCUT2D eigenvalue weighted by atomic mass is 9.32. The zero-order valence-corrected chi connectivity index (χ0v) is 30.9. The van der Waals surface area contributed by atoms with Crippen LogP contribution in [0.2, 0.25) is 0 Å². The summed E-state index contributed by atoms with van der Waals surface area (Å²) in [6, 6.07) is 0. The smallest absolute Gasteiger partial charge is 0.229 e. The molecule has 0 radical (unpaired) electrons. The molecule has 1 heterocycles. The Balaban J connectivity index is 1.10. The number of nitrogens with zero attached hydrogens (tertiary/aromatic N) is 1. The van der Waals surface area contributed by atoms with Crippen molar-refractivity contribution in [3.05, 3.63) is 0 Å². The molecule has 9 atom stereocenters. The van der Waals surface area contributed by atoms with Gasteiger partial charge >= 0.3 is 0 Å². The van der Waals surface area contributed by atoms with E-state index in [1.165, 1.54) is 70.6 Å². The summed E-state index contributed by atoms with van der Waals surface area (Å²) in [4.78, 5) is 17.3. The number of likely N-dealkylation sites (tertiary alicyclic amines) is 1. The average molecular weight is 640 g/mol. The number of ether oxygens (including phenoxy) is 3. The molecule has 7 fully saturated rings. The fraction of sp³-hybridized carbons (Fsp3) is 0.976. The van der Waals surface area contributed by atoms with Crippen molar-refractivity contribution in [2.75, 3.05) is 46.6 Å². The molecule has 0 aromatic heterocycles. The summed E-state index contributed by atoms with van der Waals surface area (Å²) >= 11 is 0. The monoisotopic (exact) mass is 640 g/mol. The summed E-state index contributed by atoms with van der Waals surface area (Å²) in [6.07, 6.45) is 19.6. The number of methoxy groups -OCH3 is 1. The van der Waals surface area contributed by atoms with E-state index in [0.29, 0.717) is 71.2 Å². The van der Waals surface area contributed by atoms with E-state index in [2.05, 4.69) is 46.4 Å². The largest absolute Gasteiger partial charge is 0.382 e. The third-order valence-corrected chi connectivity index (χ3v) is 17.3. The Morgan fingerprint density at radius 1 is 0.674 bits per heavy atom. The van der Waals surface area contributed by atoms with Crippen LogP contribution in [0.4, 0.5) is 0 Å². The molecule has 0 N–H and O–H groups in total. The highest BCUT2D eigenvalue weighted by molar-refractivity contribution is 5.84. The predicted octanol–water partition coefficient (Wildman–Crippen LogP) is 8.93. The highest BCUT2D eigenvalue weighted by Crippen LogP contribution is 2.79. The standard InChI is InChI=1S/C41H69NO4/c1-36(2)15-8-16-38(4)32(36)12-17-40(6)33(38)10-9-31-34-30(37(3)19-20-37)11-18-41(34,22-21-39(31,40)5)35(43)42-23-13-29(14-24-42)46-28-27-45-26-25-44-7/h29-34H,8-28H2,1-7H3/t30-,31-,32-,33-,34-,38-,39-,40-,41+/m1/s1. The lowest BCUT2D eigenvalue weighted by molar-refractivity contribution is -0.239. The lowest BCUT2D eigenvalue weighted by Gasteiger charge is -2.72. The van der Waals surface area contributed by atoms with Crippen LogP contribution >= 0.6 is 0 Å². The normalized spacial score (nSPS) is 46.2. The van der Waals surface area contributed by atoms with Crippen LogP contribution < -0.4 is 0 Å². The molecule has 5 nitrogen and oxygen atoms in total. The number of carbonyl (C=O) groups excluding carboxylic acids is 1. The minimum absolute atomic E-state index is 0.125. The van der Waals surface area contributed by atoms with Gasteiger partial charge in [0, 0.05) is 20.2 Å². The molecule has 0 unspecified atom stereocenters. The molecule has 262 valence electrons. The number of hydrogen-bond acceptors (Lipinski definition) is 4. The van der Waals surface area contributed by atoms with Crippen molar-refractivity contribution in [1.82, 2.24) is 4.90 Å². The maximum Gasteiger partial charge on any atom is 0.229 e. The fourth-order valence-corrected chi connectivity index (χ4v) is 14.5. The molecule has 0 aromatic rings. The van der Waals surface area contributed by atoms with Gasteiger partial charge in [-0.1, -0.05) is 48.0 Å². The highest BCUT2D eigenvalue weighted by atomic mass is 16.5. The van der Waals surface area contributed by atoms with Crippen molar-refractivity contribution in [2.24, 2.45) is 62.1 Å². The van der Waals surface area contributed by atoms with Crippen LogP contribution in [0, 0.1) is 62.1 Å². The second-order valence-electron chi connectivity index (χ2n) is 19.5. The number of amides is 1. The van der Waals surface area contributed by atoms with Gasteiger partial charge in [-0.25, -0.2) is 0 Å². The molecule has 7 rings (SSSR count). The van der Waals surface area contributed by atoms with Crippen molar-refractivity contribution in [2.45, 2.75) is 144 Å². The van der Waals surface area contributed by atoms with Crippen molar-refractivity contribution in [3.8, 4) is 0 Å². The van der Waals surface area contributed by atoms with Gasteiger partial charge in [0.05, 0.1) is 37.9 Å². The first-order valence-electron chi connectivity index (χ1n) is 19.8. The van der Waals surface area contributed by atoms with Gasteiger partial charge in [-0.2, -0.15) is 0 Å². The van der Waals surface area contributed by atoms with E-state index in [4.69, 9.17) is 14.2 Å². The third kappa shape index (κ3) is 5.11. The first-order chi connectivity index (χ1) is 21.8. The highest BCUT2D eigenvalue weighted by Gasteiger charge is 2.73. The van der Waals surface area contributed by atoms with Gasteiger partial charge in [0.25, 0.3) is 0 Å². The van der Waals surface area contributed by atoms with Crippen molar-refractivity contribution < 1.29 is 19.0 Å². The zero-order valence-electron chi connectivity index (χ0n) is 30.9. The second kappa shape index (κ2) is 12.0. The molecule has 0 bridgehead atoms. The van der Waals surface area contributed by atoms with Crippen LogP contribution in [0.5, 0.6) is 0 Å². The van der Waals surface area contributed by atoms with Crippen LogP contribution in [0.15, 0.2) is 0 Å². The number of fused-ring (bicyclic) bond motifs is 7. The van der Waals surface area contributed by atoms with Crippen molar-refractivity contribution in [1.29, 1.82) is 0 Å². The van der Waals surface area contributed by atoms with Gasteiger partial charge in [0.2, 0.25) is 5.91 Å². The Hall–Kier alpha value is -0.650. The summed E-state index contributed by atoms with van der Waals surface area (Å²) in [6.45, 7) is 20.3. The molecule has 6 aliphatic carbocycles. The Labute approximate surface area is 282 Å². The van der Waals surface area contributed by atoms with Crippen molar-refractivity contribution >= 4 is 5.91 Å². The molecule has 46 heavy (non-hydrogen) atoms. The minimum atomic E-state index is -0.125. The van der Waals surface area contributed by atoms with Gasteiger partial charge in [-0.15, -0.1) is 0 Å². The Kier molecular flexibility index (Phi) is 8.82. The molecule has 1 amide bonds. The molecule has 5 heteroatoms. The first-order valence-corrected chi connectivity index (χ1v) is 19.8. The predicted molar refractivity (Wildman–Crippen MR) is 184 cm³/mol. The van der Waals surface area contributed by atoms with Crippen LogP contribution in [-0.2, 0) is 19.0 Å². The Bertz CT molecular complexity index is 1130. The van der Waals surface area contributed by atoms with Gasteiger partial charge in [0.15, 0.2) is 0 Å². The molecular weight excluding hydrogens is 570 g/mol. The van der Waals surface area contributed by atoms with Gasteiger partial charge in [-0.05, 0) is 147 Å². The van der Waals surface area contributed by atoms with E-state index in [-0.39, 0.29) is 11.5 Å². The van der Waals surface area contributed by atoms with E-state index < -0.39 is 0 Å². The number of rotatable bonds is 9. The van der Waals surface area contributed by atoms with E-state index >= 15 is 4.79 Å². The summed E-state index contributed by atoms with van der Waals surface area (Å²) in [5.41, 5.74) is 2.05. The zero-order chi connectivity index (χ0) is 32.6. The number of hydrogen-bond donors (Lipinski definition) is 0. The first kappa shape index (κ1) is 33.8. The second-order valence-corrected chi connectivity index (χ2v) is 19.5. The quantitative estimate of drug-likeness (QED) is 0.236. The number of carbonyl (C=O) groups is 1. The molecule has 6 saturated carbocycles. The van der Waals surface area contributed by atoms with E-state index in [1.54, 1.807) is 7.11 Å². The van der Waals surface area contributed by atoms with E-state index in [0.717, 1.165) is 56.5 Å². The summed E-state index contributed by atoms with van der Waals surface area (Å²) in [7, 11) is 1.70. The summed E-state index contributed by atoms with van der Waals surface area (Å²) < 4.78 is 16.9. The molecular formula is C41H69NO4. The average Bonchev–Trinajstić information content (AvgIpc) is 3.64. The topological polar surface area (TPSA) is 48.0 Å². The maximum absolute atomic E-state index is 15.0. The lowest BCUT2D eigenvalue weighted by Crippen LogP contribution is -2.66. The van der Waals surface area contributed by atoms with Crippen LogP contribution in [-0.4, -0.2) is 63.5 Å². The molecule has 0 spiro atoms.